The van der Waals surface area contributed by atoms with Crippen molar-refractivity contribution in [3.63, 3.8) is 0 Å². The summed E-state index contributed by atoms with van der Waals surface area (Å²) in [6.45, 7) is 1.22. The Balaban J connectivity index is 0.00000341. The molecule has 166 valence electrons. The van der Waals surface area contributed by atoms with Gasteiger partial charge in [-0.15, -0.1) is 37.1 Å². The van der Waals surface area contributed by atoms with Gasteiger partial charge in [0, 0.05) is 25.7 Å². The number of para-hydroxylation sites is 1. The number of rotatable bonds is 7. The van der Waals surface area contributed by atoms with Gasteiger partial charge in [0.05, 0.1) is 6.54 Å². The largest absolute Gasteiger partial charge is 0.573 e. The molecule has 0 radical (unpaired) electrons. The second kappa shape index (κ2) is 11.5. The van der Waals surface area contributed by atoms with E-state index in [2.05, 4.69) is 30.4 Å². The van der Waals surface area contributed by atoms with Crippen molar-refractivity contribution in [3.05, 3.63) is 77.9 Å². The van der Waals surface area contributed by atoms with Gasteiger partial charge in [0.25, 0.3) is 0 Å². The van der Waals surface area contributed by atoms with Crippen molar-refractivity contribution in [2.45, 2.75) is 26.0 Å². The minimum Gasteiger partial charge on any atom is -0.405 e. The van der Waals surface area contributed by atoms with Crippen LogP contribution >= 0.6 is 24.0 Å². The highest BCUT2D eigenvalue weighted by Crippen LogP contribution is 2.26. The van der Waals surface area contributed by atoms with E-state index >= 15 is 0 Å². The van der Waals surface area contributed by atoms with E-state index in [1.54, 1.807) is 30.2 Å². The zero-order chi connectivity index (χ0) is 21.4. The fourth-order valence-electron chi connectivity index (χ4n) is 2.80. The molecule has 0 aliphatic heterocycles. The van der Waals surface area contributed by atoms with Crippen LogP contribution < -0.4 is 15.4 Å². The Morgan fingerprint density at radius 2 is 1.81 bits per heavy atom. The number of guanidine groups is 1. The van der Waals surface area contributed by atoms with E-state index in [4.69, 9.17) is 0 Å². The van der Waals surface area contributed by atoms with Gasteiger partial charge in [-0.1, -0.05) is 42.5 Å². The molecule has 1 heterocycles. The third-order valence-electron chi connectivity index (χ3n) is 4.13. The maximum absolute atomic E-state index is 12.6. The second-order valence-corrected chi connectivity index (χ2v) is 6.35. The smallest absolute Gasteiger partial charge is 0.405 e. The van der Waals surface area contributed by atoms with Crippen LogP contribution in [0, 0.1) is 0 Å². The van der Waals surface area contributed by atoms with Gasteiger partial charge in [-0.25, -0.2) is 9.67 Å². The minimum absolute atomic E-state index is 0. The molecule has 2 N–H and O–H groups in total. The molecule has 0 aliphatic carbocycles. The summed E-state index contributed by atoms with van der Waals surface area (Å²) >= 11 is 0. The van der Waals surface area contributed by atoms with Crippen molar-refractivity contribution in [2.24, 2.45) is 4.99 Å². The van der Waals surface area contributed by atoms with Crippen LogP contribution in [-0.4, -0.2) is 34.1 Å². The molecule has 7 nitrogen and oxygen atoms in total. The predicted octanol–water partition coefficient (Wildman–Crippen LogP) is 3.71. The van der Waals surface area contributed by atoms with Gasteiger partial charge in [-0.2, -0.15) is 5.10 Å². The Labute approximate surface area is 194 Å². The average Bonchev–Trinajstić information content (AvgIpc) is 3.21. The molecule has 3 rings (SSSR count). The first kappa shape index (κ1) is 24.4. The summed E-state index contributed by atoms with van der Waals surface area (Å²) in [5.41, 5.74) is 2.46. The lowest BCUT2D eigenvalue weighted by atomic mass is 10.1. The molecule has 0 unspecified atom stereocenters. The first-order valence-electron chi connectivity index (χ1n) is 9.11. The number of alkyl halides is 3. The van der Waals surface area contributed by atoms with Crippen LogP contribution in [0.3, 0.4) is 0 Å². The maximum Gasteiger partial charge on any atom is 0.573 e. The number of ether oxygens (including phenoxy) is 1. The zero-order valence-electron chi connectivity index (χ0n) is 16.6. The first-order chi connectivity index (χ1) is 14.4. The van der Waals surface area contributed by atoms with Crippen molar-refractivity contribution >= 4 is 29.9 Å². The zero-order valence-corrected chi connectivity index (χ0v) is 19.0. The molecule has 0 aliphatic rings. The lowest BCUT2D eigenvalue weighted by Crippen LogP contribution is -2.36. The van der Waals surface area contributed by atoms with E-state index < -0.39 is 6.36 Å². The monoisotopic (exact) mass is 546 g/mol. The van der Waals surface area contributed by atoms with Crippen molar-refractivity contribution in [2.75, 3.05) is 7.05 Å². The molecule has 0 bridgehead atoms. The molecular formula is C20H22F3IN6O. The van der Waals surface area contributed by atoms with Gasteiger partial charge in [0.1, 0.15) is 18.4 Å². The summed E-state index contributed by atoms with van der Waals surface area (Å²) in [5, 5.41) is 10.2. The summed E-state index contributed by atoms with van der Waals surface area (Å²) in [7, 11) is 1.59. The van der Waals surface area contributed by atoms with Crippen molar-refractivity contribution < 1.29 is 17.9 Å². The van der Waals surface area contributed by atoms with Crippen LogP contribution in [-0.2, 0) is 19.6 Å². The van der Waals surface area contributed by atoms with Crippen LogP contribution in [0.2, 0.25) is 0 Å². The Bertz CT molecular complexity index is 979. The predicted molar refractivity (Wildman–Crippen MR) is 121 cm³/mol. The topological polar surface area (TPSA) is 76.4 Å². The van der Waals surface area contributed by atoms with Crippen LogP contribution in [0.4, 0.5) is 13.2 Å². The molecule has 0 saturated carbocycles. The summed E-state index contributed by atoms with van der Waals surface area (Å²) in [5.74, 6) is 0.215. The molecule has 0 spiro atoms. The third-order valence-corrected chi connectivity index (χ3v) is 4.13. The lowest BCUT2D eigenvalue weighted by Gasteiger charge is -2.16. The van der Waals surface area contributed by atoms with Crippen LogP contribution in [0.1, 0.15) is 16.7 Å². The van der Waals surface area contributed by atoms with Gasteiger partial charge in [0.2, 0.25) is 0 Å². The molecule has 0 saturated heterocycles. The number of halogens is 4. The van der Waals surface area contributed by atoms with Gasteiger partial charge in [0.15, 0.2) is 5.96 Å². The van der Waals surface area contributed by atoms with E-state index in [1.807, 2.05) is 24.3 Å². The average molecular weight is 546 g/mol. The summed E-state index contributed by atoms with van der Waals surface area (Å²) in [4.78, 5) is 8.04. The molecule has 3 aromatic rings. The molecule has 0 amide bonds. The summed E-state index contributed by atoms with van der Waals surface area (Å²) in [6, 6.07) is 13.9. The number of hydrogen-bond donors (Lipinski definition) is 2. The third kappa shape index (κ3) is 8.07. The Hall–Kier alpha value is -2.83. The lowest BCUT2D eigenvalue weighted by molar-refractivity contribution is -0.274. The van der Waals surface area contributed by atoms with E-state index in [1.165, 1.54) is 18.5 Å². The van der Waals surface area contributed by atoms with Crippen LogP contribution in [0.25, 0.3) is 0 Å². The number of aliphatic imine (C=N–C) groups is 1. The normalized spacial score (nSPS) is 11.5. The number of nitrogens with one attached hydrogen (secondary N) is 2. The van der Waals surface area contributed by atoms with Gasteiger partial charge >= 0.3 is 6.36 Å². The van der Waals surface area contributed by atoms with Crippen LogP contribution in [0.5, 0.6) is 5.75 Å². The number of nitrogens with zero attached hydrogens (tertiary/aromatic N) is 4. The highest BCUT2D eigenvalue weighted by Gasteiger charge is 2.31. The van der Waals surface area contributed by atoms with E-state index in [-0.39, 0.29) is 36.3 Å². The van der Waals surface area contributed by atoms with Crippen molar-refractivity contribution in [1.29, 1.82) is 0 Å². The standard InChI is InChI=1S/C20H21F3N6O.HI/c1-24-19(27-11-17-7-2-3-8-18(17)30-20(21,22)23)26-10-15-5-4-6-16(9-15)12-29-14-25-13-28-29;/h2-9,13-14H,10-12H2,1H3,(H2,24,26,27);1H. The Morgan fingerprint density at radius 1 is 1.06 bits per heavy atom. The second-order valence-electron chi connectivity index (χ2n) is 6.35. The first-order valence-corrected chi connectivity index (χ1v) is 9.11. The highest BCUT2D eigenvalue weighted by atomic mass is 127. The molecular weight excluding hydrogens is 524 g/mol. The molecule has 11 heteroatoms. The van der Waals surface area contributed by atoms with Gasteiger partial charge in [-0.3, -0.25) is 4.99 Å². The van der Waals surface area contributed by atoms with Gasteiger partial charge in [-0.05, 0) is 17.2 Å². The SMILES string of the molecule is CN=C(NCc1cccc(Cn2cncn2)c1)NCc1ccccc1OC(F)(F)F.I. The minimum atomic E-state index is -4.74. The van der Waals surface area contributed by atoms with Crippen molar-refractivity contribution in [3.8, 4) is 5.75 Å². The number of benzene rings is 2. The van der Waals surface area contributed by atoms with E-state index in [0.717, 1.165) is 11.1 Å². The fourth-order valence-corrected chi connectivity index (χ4v) is 2.80. The number of aromatic nitrogens is 3. The van der Waals surface area contributed by atoms with Crippen molar-refractivity contribution in [1.82, 2.24) is 25.4 Å². The maximum atomic E-state index is 12.6. The number of hydrogen-bond acceptors (Lipinski definition) is 4. The molecule has 0 atom stereocenters. The quantitative estimate of drug-likeness (QED) is 0.269. The molecule has 31 heavy (non-hydrogen) atoms. The fraction of sp³-hybridized carbons (Fsp3) is 0.250. The Morgan fingerprint density at radius 3 is 2.52 bits per heavy atom. The van der Waals surface area contributed by atoms with Gasteiger partial charge < -0.3 is 15.4 Å². The van der Waals surface area contributed by atoms with E-state index in [9.17, 15) is 13.2 Å². The Kier molecular flexibility index (Phi) is 9.09. The molecule has 1 aromatic heterocycles. The molecule has 0 fully saturated rings. The van der Waals surface area contributed by atoms with E-state index in [0.29, 0.717) is 24.6 Å². The summed E-state index contributed by atoms with van der Waals surface area (Å²) < 4.78 is 43.5. The highest BCUT2D eigenvalue weighted by molar-refractivity contribution is 14.0. The van der Waals surface area contributed by atoms with Crippen LogP contribution in [0.15, 0.2) is 66.2 Å². The summed E-state index contributed by atoms with van der Waals surface area (Å²) in [6.07, 6.45) is -1.61. The molecule has 2 aromatic carbocycles.